The lowest BCUT2D eigenvalue weighted by atomic mass is 9.99. The van der Waals surface area contributed by atoms with Crippen molar-refractivity contribution in [1.82, 2.24) is 0 Å². The number of hydrogen-bond donors (Lipinski definition) is 0. The molecule has 0 saturated carbocycles. The Hall–Kier alpha value is -0.670. The van der Waals surface area contributed by atoms with Gasteiger partial charge < -0.3 is 9.47 Å². The molecule has 0 heterocycles. The number of ether oxygens (including phenoxy) is 2. The van der Waals surface area contributed by atoms with Crippen LogP contribution in [0, 0.1) is 0 Å². The van der Waals surface area contributed by atoms with E-state index in [0.717, 1.165) is 5.57 Å². The van der Waals surface area contributed by atoms with E-state index in [1.54, 1.807) is 13.2 Å². The molecule has 56 valence electrons. The van der Waals surface area contributed by atoms with Crippen molar-refractivity contribution >= 4 is 5.78 Å². The summed E-state index contributed by atoms with van der Waals surface area (Å²) in [7, 11) is 1.57. The maximum atomic E-state index is 10.4. The van der Waals surface area contributed by atoms with Crippen LogP contribution in [0.2, 0.25) is 0 Å². The van der Waals surface area contributed by atoms with E-state index < -0.39 is 0 Å². The van der Waals surface area contributed by atoms with E-state index in [1.165, 1.54) is 0 Å². The quantitative estimate of drug-likeness (QED) is 0.423. The molecule has 0 aromatic carbocycles. The van der Waals surface area contributed by atoms with Gasteiger partial charge in [-0.25, -0.2) is 0 Å². The van der Waals surface area contributed by atoms with Crippen LogP contribution in [0.1, 0.15) is 6.42 Å². The molecule has 1 rings (SSSR count). The Morgan fingerprint density at radius 2 is 2.40 bits per heavy atom. The maximum absolute atomic E-state index is 10.4. The van der Waals surface area contributed by atoms with Gasteiger partial charge in [-0.05, 0) is 11.6 Å². The zero-order valence-corrected chi connectivity index (χ0v) is 5.92. The molecule has 0 unspecified atom stereocenters. The van der Waals surface area contributed by atoms with Crippen LogP contribution in [0.25, 0.3) is 0 Å². The molecule has 3 nitrogen and oxygen atoms in total. The first kappa shape index (κ1) is 7.44. The van der Waals surface area contributed by atoms with E-state index in [0.29, 0.717) is 19.8 Å². The van der Waals surface area contributed by atoms with Crippen LogP contribution < -0.4 is 0 Å². The molecule has 0 atom stereocenters. The lowest BCUT2D eigenvalue weighted by Gasteiger charge is -2.12. The molecule has 1 aliphatic rings. The van der Waals surface area contributed by atoms with Crippen molar-refractivity contribution in [3.8, 4) is 0 Å². The highest BCUT2D eigenvalue weighted by atomic mass is 16.7. The van der Waals surface area contributed by atoms with Crippen molar-refractivity contribution in [2.75, 3.05) is 20.5 Å². The number of hydrogen-bond acceptors (Lipinski definition) is 3. The Labute approximate surface area is 59.6 Å². The van der Waals surface area contributed by atoms with Gasteiger partial charge in [0.2, 0.25) is 0 Å². The van der Waals surface area contributed by atoms with Crippen LogP contribution >= 0.6 is 0 Å². The summed E-state index contributed by atoms with van der Waals surface area (Å²) in [6.07, 6.45) is 2.17. The van der Waals surface area contributed by atoms with Crippen molar-refractivity contribution in [1.29, 1.82) is 0 Å². The van der Waals surface area contributed by atoms with Crippen LogP contribution in [-0.2, 0) is 14.3 Å². The normalized spacial score (nSPS) is 16.5. The number of allylic oxidation sites excluding steroid dienone is 1. The first-order valence-electron chi connectivity index (χ1n) is 3.12. The number of carbonyl (C=O) groups excluding carboxylic acids is 1. The fourth-order valence-electron chi connectivity index (χ4n) is 0.771. The van der Waals surface area contributed by atoms with Crippen LogP contribution in [-0.4, -0.2) is 26.3 Å². The Kier molecular flexibility index (Phi) is 2.59. The molecule has 0 aromatic rings. The second-order valence-corrected chi connectivity index (χ2v) is 2.20. The SMILES string of the molecule is COCOCC1=CC(=O)C1. The van der Waals surface area contributed by atoms with Crippen molar-refractivity contribution in [2.45, 2.75) is 6.42 Å². The smallest absolute Gasteiger partial charge is 0.159 e. The van der Waals surface area contributed by atoms with Crippen LogP contribution in [0.15, 0.2) is 11.6 Å². The van der Waals surface area contributed by atoms with Crippen molar-refractivity contribution < 1.29 is 14.3 Å². The van der Waals surface area contributed by atoms with Gasteiger partial charge in [-0.2, -0.15) is 0 Å². The topological polar surface area (TPSA) is 35.5 Å². The molecule has 0 spiro atoms. The summed E-state index contributed by atoms with van der Waals surface area (Å²) in [6, 6.07) is 0. The molecule has 0 bridgehead atoms. The summed E-state index contributed by atoms with van der Waals surface area (Å²) >= 11 is 0. The molecule has 0 aliphatic heterocycles. The average molecular weight is 142 g/mol. The molecule has 0 amide bonds. The van der Waals surface area contributed by atoms with Gasteiger partial charge >= 0.3 is 0 Å². The number of ketones is 1. The molecule has 10 heavy (non-hydrogen) atoms. The Bertz CT molecular complexity index is 160. The molecule has 1 aliphatic carbocycles. The zero-order chi connectivity index (χ0) is 7.40. The van der Waals surface area contributed by atoms with Gasteiger partial charge in [0.1, 0.15) is 6.79 Å². The zero-order valence-electron chi connectivity index (χ0n) is 5.92. The fraction of sp³-hybridized carbons (Fsp3) is 0.571. The Morgan fingerprint density at radius 3 is 2.90 bits per heavy atom. The van der Waals surface area contributed by atoms with Crippen LogP contribution in [0.4, 0.5) is 0 Å². The van der Waals surface area contributed by atoms with Gasteiger partial charge in [-0.3, -0.25) is 4.79 Å². The third-order valence-electron chi connectivity index (χ3n) is 1.26. The summed E-state index contributed by atoms with van der Waals surface area (Å²) in [6.45, 7) is 0.825. The van der Waals surface area contributed by atoms with E-state index in [2.05, 4.69) is 4.74 Å². The second-order valence-electron chi connectivity index (χ2n) is 2.20. The first-order chi connectivity index (χ1) is 4.83. The van der Waals surface area contributed by atoms with E-state index in [-0.39, 0.29) is 5.78 Å². The standard InChI is InChI=1S/C7H10O3/c1-9-5-10-4-6-2-7(8)3-6/h2H,3-5H2,1H3. The van der Waals surface area contributed by atoms with Crippen molar-refractivity contribution in [2.24, 2.45) is 0 Å². The molecule has 0 radical (unpaired) electrons. The number of rotatable bonds is 4. The largest absolute Gasteiger partial charge is 0.359 e. The third kappa shape index (κ3) is 1.93. The summed E-state index contributed by atoms with van der Waals surface area (Å²) in [5.74, 6) is 0.191. The minimum absolute atomic E-state index is 0.191. The van der Waals surface area contributed by atoms with Gasteiger partial charge in [0.25, 0.3) is 0 Å². The van der Waals surface area contributed by atoms with E-state index >= 15 is 0 Å². The van der Waals surface area contributed by atoms with Gasteiger partial charge in [-0.1, -0.05) is 0 Å². The van der Waals surface area contributed by atoms with E-state index in [4.69, 9.17) is 4.74 Å². The summed E-state index contributed by atoms with van der Waals surface area (Å²) < 4.78 is 9.65. The monoisotopic (exact) mass is 142 g/mol. The third-order valence-corrected chi connectivity index (χ3v) is 1.26. The fourth-order valence-corrected chi connectivity index (χ4v) is 0.771. The molecule has 3 heteroatoms. The summed E-state index contributed by atoms with van der Waals surface area (Å²) in [5, 5.41) is 0. The molecule has 0 fully saturated rings. The minimum Gasteiger partial charge on any atom is -0.359 e. The van der Waals surface area contributed by atoms with E-state index in [1.807, 2.05) is 0 Å². The van der Waals surface area contributed by atoms with Crippen molar-refractivity contribution in [3.05, 3.63) is 11.6 Å². The average Bonchev–Trinajstić information content (AvgIpc) is 1.85. The predicted molar refractivity (Wildman–Crippen MR) is 35.5 cm³/mol. The van der Waals surface area contributed by atoms with Crippen LogP contribution in [0.5, 0.6) is 0 Å². The Morgan fingerprint density at radius 1 is 1.70 bits per heavy atom. The molecular formula is C7H10O3. The van der Waals surface area contributed by atoms with Gasteiger partial charge in [0, 0.05) is 13.5 Å². The molecule has 0 aromatic heterocycles. The molecule has 0 N–H and O–H groups in total. The van der Waals surface area contributed by atoms with Gasteiger partial charge in [-0.15, -0.1) is 0 Å². The number of methoxy groups -OCH3 is 1. The highest BCUT2D eigenvalue weighted by Crippen LogP contribution is 2.13. The molecule has 0 saturated heterocycles. The van der Waals surface area contributed by atoms with Gasteiger partial charge in [0.05, 0.1) is 6.61 Å². The highest BCUT2D eigenvalue weighted by Gasteiger charge is 2.13. The lowest BCUT2D eigenvalue weighted by molar-refractivity contribution is -0.116. The van der Waals surface area contributed by atoms with Gasteiger partial charge in [0.15, 0.2) is 5.78 Å². The van der Waals surface area contributed by atoms with E-state index in [9.17, 15) is 4.79 Å². The lowest BCUT2D eigenvalue weighted by Crippen LogP contribution is -2.13. The van der Waals surface area contributed by atoms with Crippen LogP contribution in [0.3, 0.4) is 0 Å². The summed E-state index contributed by atoms with van der Waals surface area (Å²) in [5.41, 5.74) is 1.06. The van der Waals surface area contributed by atoms with Crippen molar-refractivity contribution in [3.63, 3.8) is 0 Å². The molecular weight excluding hydrogens is 132 g/mol. The Balaban J connectivity index is 2.05. The highest BCUT2D eigenvalue weighted by molar-refractivity contribution is 5.98. The second kappa shape index (κ2) is 3.49. The minimum atomic E-state index is 0.191. The maximum Gasteiger partial charge on any atom is 0.159 e. The first-order valence-corrected chi connectivity index (χ1v) is 3.12. The summed E-state index contributed by atoms with van der Waals surface area (Å²) in [4.78, 5) is 10.4. The predicted octanol–water partition coefficient (Wildman–Crippen LogP) is 0.506. The number of carbonyl (C=O) groups is 1.